The molecule has 9 heteroatoms. The van der Waals surface area contributed by atoms with Crippen molar-refractivity contribution in [3.8, 4) is 0 Å². The molecule has 1 rings (SSSR count). The van der Waals surface area contributed by atoms with E-state index in [2.05, 4.69) is 10.4 Å². The molecule has 0 saturated heterocycles. The molecule has 9 nitrogen and oxygen atoms in total. The Kier molecular flexibility index (Phi) is 4.56. The number of hydrogen-bond acceptors (Lipinski definition) is 5. The summed E-state index contributed by atoms with van der Waals surface area (Å²) in [4.78, 5) is 32.3. The molecule has 2 N–H and O–H groups in total. The number of carboxylic acids is 1. The molecule has 19 heavy (non-hydrogen) atoms. The van der Waals surface area contributed by atoms with E-state index in [0.29, 0.717) is 6.54 Å². The lowest BCUT2D eigenvalue weighted by molar-refractivity contribution is -0.385. The van der Waals surface area contributed by atoms with Crippen LogP contribution >= 0.6 is 0 Å². The van der Waals surface area contributed by atoms with Gasteiger partial charge in [-0.15, -0.1) is 0 Å². The Morgan fingerprint density at radius 3 is 2.68 bits per heavy atom. The van der Waals surface area contributed by atoms with Gasteiger partial charge >= 0.3 is 11.7 Å². The minimum Gasteiger partial charge on any atom is -0.476 e. The highest BCUT2D eigenvalue weighted by Crippen LogP contribution is 2.19. The third-order valence-corrected chi connectivity index (χ3v) is 2.44. The van der Waals surface area contributed by atoms with Gasteiger partial charge in [0.15, 0.2) is 0 Å². The fraction of sp³-hybridized carbons (Fsp3) is 0.500. The first-order valence-corrected chi connectivity index (χ1v) is 5.63. The predicted octanol–water partition coefficient (Wildman–Crippen LogP) is 0.577. The average molecular weight is 270 g/mol. The number of aromatic carboxylic acids is 1. The summed E-state index contributed by atoms with van der Waals surface area (Å²) in [5.74, 6) is -1.89. The van der Waals surface area contributed by atoms with Crippen LogP contribution in [-0.4, -0.2) is 38.2 Å². The molecule has 0 aliphatic heterocycles. The summed E-state index contributed by atoms with van der Waals surface area (Å²) in [6, 6.07) is -0.821. The topological polar surface area (TPSA) is 127 Å². The van der Waals surface area contributed by atoms with E-state index in [1.54, 1.807) is 0 Å². The zero-order chi connectivity index (χ0) is 14.6. The number of hydrogen-bond donors (Lipinski definition) is 2. The van der Waals surface area contributed by atoms with E-state index < -0.39 is 28.3 Å². The highest BCUT2D eigenvalue weighted by Gasteiger charge is 2.28. The quantitative estimate of drug-likeness (QED) is 0.574. The second-order valence-electron chi connectivity index (χ2n) is 3.87. The number of nitro groups is 1. The number of nitrogens with one attached hydrogen (secondary N) is 1. The van der Waals surface area contributed by atoms with Crippen molar-refractivity contribution in [2.24, 2.45) is 0 Å². The summed E-state index contributed by atoms with van der Waals surface area (Å²) >= 11 is 0. The Bertz CT molecular complexity index is 479. The lowest BCUT2D eigenvalue weighted by Crippen LogP contribution is -2.31. The number of amides is 1. The molecule has 0 fully saturated rings. The standard InChI is InChI=1S/C10H14N4O5/c1-3-4-11-9(15)6(2)13-5-7(14(18)19)8(12-13)10(16)17/h5-6H,3-4H2,1-2H3,(H,11,15)(H,16,17). The zero-order valence-electron chi connectivity index (χ0n) is 10.5. The van der Waals surface area contributed by atoms with Crippen LogP contribution in [0.3, 0.4) is 0 Å². The van der Waals surface area contributed by atoms with Crippen LogP contribution in [0.1, 0.15) is 36.8 Å². The van der Waals surface area contributed by atoms with Crippen molar-refractivity contribution in [2.45, 2.75) is 26.3 Å². The van der Waals surface area contributed by atoms with E-state index >= 15 is 0 Å². The number of nitrogens with zero attached hydrogens (tertiary/aromatic N) is 3. The molecule has 0 spiro atoms. The van der Waals surface area contributed by atoms with Crippen LogP contribution < -0.4 is 5.32 Å². The normalized spacial score (nSPS) is 11.9. The summed E-state index contributed by atoms with van der Waals surface area (Å²) in [7, 11) is 0. The largest absolute Gasteiger partial charge is 0.476 e. The SMILES string of the molecule is CCCNC(=O)C(C)n1cc([N+](=O)[O-])c(C(=O)O)n1. The summed E-state index contributed by atoms with van der Waals surface area (Å²) in [5.41, 5.74) is -1.32. The van der Waals surface area contributed by atoms with Gasteiger partial charge in [-0.1, -0.05) is 6.92 Å². The van der Waals surface area contributed by atoms with Crippen LogP contribution in [0.4, 0.5) is 5.69 Å². The molecule has 1 aromatic heterocycles. The molecule has 1 unspecified atom stereocenters. The van der Waals surface area contributed by atoms with Gasteiger partial charge < -0.3 is 10.4 Å². The molecule has 1 aromatic rings. The summed E-state index contributed by atoms with van der Waals surface area (Å²) < 4.78 is 0.979. The summed E-state index contributed by atoms with van der Waals surface area (Å²) in [6.07, 6.45) is 1.69. The summed E-state index contributed by atoms with van der Waals surface area (Å²) in [6.45, 7) is 3.83. The van der Waals surface area contributed by atoms with Crippen LogP contribution in [0.25, 0.3) is 0 Å². The lowest BCUT2D eigenvalue weighted by Gasteiger charge is -2.11. The van der Waals surface area contributed by atoms with Crippen LogP contribution in [0.2, 0.25) is 0 Å². The van der Waals surface area contributed by atoms with Gasteiger partial charge in [-0.3, -0.25) is 19.6 Å². The van der Waals surface area contributed by atoms with E-state index in [4.69, 9.17) is 5.11 Å². The fourth-order valence-corrected chi connectivity index (χ4v) is 1.38. The summed E-state index contributed by atoms with van der Waals surface area (Å²) in [5, 5.41) is 25.7. The maximum atomic E-state index is 11.7. The number of carboxylic acid groups (broad SMARTS) is 1. The van der Waals surface area contributed by atoms with E-state index in [1.165, 1.54) is 6.92 Å². The Hall–Kier alpha value is -2.45. The van der Waals surface area contributed by atoms with Crippen molar-refractivity contribution in [2.75, 3.05) is 6.54 Å². The van der Waals surface area contributed by atoms with Crippen molar-refractivity contribution in [1.29, 1.82) is 0 Å². The van der Waals surface area contributed by atoms with Crippen LogP contribution in [0, 0.1) is 10.1 Å². The molecule has 104 valence electrons. The predicted molar refractivity (Wildman–Crippen MR) is 63.9 cm³/mol. The fourth-order valence-electron chi connectivity index (χ4n) is 1.38. The van der Waals surface area contributed by atoms with E-state index in [1.807, 2.05) is 6.92 Å². The Labute approximate surface area is 108 Å². The molecule has 1 heterocycles. The second-order valence-corrected chi connectivity index (χ2v) is 3.87. The molecule has 0 radical (unpaired) electrons. The molecule has 0 aromatic carbocycles. The molecule has 0 aliphatic carbocycles. The van der Waals surface area contributed by atoms with Gasteiger partial charge in [0.25, 0.3) is 0 Å². The first-order chi connectivity index (χ1) is 8.88. The molecular formula is C10H14N4O5. The number of carbonyl (C=O) groups excluding carboxylic acids is 1. The van der Waals surface area contributed by atoms with Gasteiger partial charge in [-0.25, -0.2) is 4.79 Å². The van der Waals surface area contributed by atoms with Crippen molar-refractivity contribution in [3.05, 3.63) is 22.0 Å². The van der Waals surface area contributed by atoms with Crippen LogP contribution in [-0.2, 0) is 4.79 Å². The van der Waals surface area contributed by atoms with E-state index in [0.717, 1.165) is 17.3 Å². The average Bonchev–Trinajstić information content (AvgIpc) is 2.80. The molecule has 0 bridgehead atoms. The van der Waals surface area contributed by atoms with Crippen LogP contribution in [0.15, 0.2) is 6.20 Å². The number of carbonyl (C=O) groups is 2. The smallest absolute Gasteiger partial charge is 0.363 e. The first-order valence-electron chi connectivity index (χ1n) is 5.63. The Morgan fingerprint density at radius 1 is 1.63 bits per heavy atom. The van der Waals surface area contributed by atoms with Gasteiger partial charge in [-0.2, -0.15) is 5.10 Å². The third-order valence-electron chi connectivity index (χ3n) is 2.44. The van der Waals surface area contributed by atoms with E-state index in [9.17, 15) is 19.7 Å². The molecule has 0 saturated carbocycles. The molecular weight excluding hydrogens is 256 g/mol. The maximum absolute atomic E-state index is 11.7. The van der Waals surface area contributed by atoms with Gasteiger partial charge in [0, 0.05) is 6.54 Å². The Morgan fingerprint density at radius 2 is 2.26 bits per heavy atom. The monoisotopic (exact) mass is 270 g/mol. The molecule has 1 amide bonds. The second kappa shape index (κ2) is 5.94. The third kappa shape index (κ3) is 3.27. The van der Waals surface area contributed by atoms with Gasteiger partial charge in [0.05, 0.1) is 4.92 Å². The zero-order valence-corrected chi connectivity index (χ0v) is 10.5. The van der Waals surface area contributed by atoms with Crippen molar-refractivity contribution >= 4 is 17.6 Å². The maximum Gasteiger partial charge on any atom is 0.363 e. The number of rotatable bonds is 6. The van der Waals surface area contributed by atoms with Gasteiger partial charge in [-0.05, 0) is 13.3 Å². The van der Waals surface area contributed by atoms with Gasteiger partial charge in [0.2, 0.25) is 11.6 Å². The van der Waals surface area contributed by atoms with Crippen LogP contribution in [0.5, 0.6) is 0 Å². The first kappa shape index (κ1) is 14.6. The highest BCUT2D eigenvalue weighted by molar-refractivity contribution is 5.90. The minimum atomic E-state index is -1.51. The minimum absolute atomic E-state index is 0.379. The highest BCUT2D eigenvalue weighted by atomic mass is 16.6. The van der Waals surface area contributed by atoms with Crippen molar-refractivity contribution in [3.63, 3.8) is 0 Å². The number of aromatic nitrogens is 2. The molecule has 1 atom stereocenters. The van der Waals surface area contributed by atoms with Gasteiger partial charge in [0.1, 0.15) is 12.2 Å². The molecule has 0 aliphatic rings. The van der Waals surface area contributed by atoms with Crippen molar-refractivity contribution < 1.29 is 19.6 Å². The van der Waals surface area contributed by atoms with E-state index in [-0.39, 0.29) is 5.91 Å². The Balaban J connectivity index is 3.01. The lowest BCUT2D eigenvalue weighted by atomic mass is 10.3. The van der Waals surface area contributed by atoms with Crippen molar-refractivity contribution in [1.82, 2.24) is 15.1 Å².